The number of nitrogens with zero attached hydrogens (tertiary/aromatic N) is 4. The summed E-state index contributed by atoms with van der Waals surface area (Å²) in [7, 11) is 0. The summed E-state index contributed by atoms with van der Waals surface area (Å²) in [5.41, 5.74) is 6.48. The van der Waals surface area contributed by atoms with Gasteiger partial charge in [-0.25, -0.2) is 4.98 Å². The van der Waals surface area contributed by atoms with Crippen LogP contribution >= 0.6 is 11.3 Å². The molecule has 2 heterocycles. The van der Waals surface area contributed by atoms with Crippen molar-refractivity contribution >= 4 is 17.4 Å². The van der Waals surface area contributed by atoms with Gasteiger partial charge >= 0.3 is 0 Å². The molecular formula is C29H34N4S. The van der Waals surface area contributed by atoms with Crippen LogP contribution in [0.4, 0.5) is 0 Å². The highest BCUT2D eigenvalue weighted by Gasteiger charge is 2.16. The molecule has 0 N–H and O–H groups in total. The molecular weight excluding hydrogens is 436 g/mol. The minimum Gasteiger partial charge on any atom is -0.246 e. The molecule has 0 spiro atoms. The molecule has 34 heavy (non-hydrogen) atoms. The fraction of sp³-hybridized carbons (Fsp3) is 0.345. The molecule has 0 fully saturated rings. The van der Waals surface area contributed by atoms with Gasteiger partial charge in [-0.15, -0.1) is 11.3 Å². The number of allylic oxidation sites excluding steroid dienone is 1. The molecule has 4 aromatic rings. The Morgan fingerprint density at radius 2 is 1.62 bits per heavy atom. The molecule has 2 aromatic heterocycles. The van der Waals surface area contributed by atoms with E-state index in [0.717, 1.165) is 35.4 Å². The maximum Gasteiger partial charge on any atom is 0.121 e. The normalized spacial score (nSPS) is 11.8. The SMILES string of the molecule is CC(C)c1nc(CCCC/C=C/c2cccc(-c3nn(C(C)C)nc3-c3ccccc3)c2)cs1. The molecule has 4 rings (SSSR count). The third kappa shape index (κ3) is 6.09. The summed E-state index contributed by atoms with van der Waals surface area (Å²) in [5.74, 6) is 0.524. The van der Waals surface area contributed by atoms with E-state index in [9.17, 15) is 0 Å². The Labute approximate surface area is 207 Å². The first kappa shape index (κ1) is 24.1. The van der Waals surface area contributed by atoms with E-state index in [-0.39, 0.29) is 6.04 Å². The lowest BCUT2D eigenvalue weighted by atomic mass is 10.0. The van der Waals surface area contributed by atoms with Gasteiger partial charge in [0.15, 0.2) is 0 Å². The lowest BCUT2D eigenvalue weighted by Gasteiger charge is -2.03. The molecule has 0 bridgehead atoms. The van der Waals surface area contributed by atoms with Crippen molar-refractivity contribution in [1.29, 1.82) is 0 Å². The predicted octanol–water partition coefficient (Wildman–Crippen LogP) is 8.20. The van der Waals surface area contributed by atoms with Gasteiger partial charge in [0.25, 0.3) is 0 Å². The second kappa shape index (κ2) is 11.4. The van der Waals surface area contributed by atoms with Crippen molar-refractivity contribution in [3.63, 3.8) is 0 Å². The summed E-state index contributed by atoms with van der Waals surface area (Å²) in [6, 6.07) is 19.1. The molecule has 0 atom stereocenters. The van der Waals surface area contributed by atoms with Crippen LogP contribution in [0.1, 0.15) is 75.2 Å². The molecule has 0 unspecified atom stereocenters. The second-order valence-electron chi connectivity index (χ2n) is 9.28. The number of thiazole rings is 1. The van der Waals surface area contributed by atoms with Crippen molar-refractivity contribution < 1.29 is 0 Å². The molecule has 5 heteroatoms. The molecule has 0 aliphatic heterocycles. The second-order valence-corrected chi connectivity index (χ2v) is 10.2. The zero-order chi connectivity index (χ0) is 23.9. The predicted molar refractivity (Wildman–Crippen MR) is 144 cm³/mol. The van der Waals surface area contributed by atoms with E-state index in [1.54, 1.807) is 11.3 Å². The monoisotopic (exact) mass is 470 g/mol. The standard InChI is InChI=1S/C29H34N4S/c1-21(2)29-30-26(20-34-29)18-11-6-5-8-13-23-14-12-17-25(19-23)28-27(24-15-9-7-10-16-24)31-33(32-28)22(3)4/h7-10,12-17,19-22H,5-6,11,18H2,1-4H3/b13-8+. The third-order valence-corrected chi connectivity index (χ3v) is 6.92. The lowest BCUT2D eigenvalue weighted by molar-refractivity contribution is 0.468. The third-order valence-electron chi connectivity index (χ3n) is 5.73. The molecule has 176 valence electrons. The quantitative estimate of drug-likeness (QED) is 0.219. The summed E-state index contributed by atoms with van der Waals surface area (Å²) in [5, 5.41) is 13.1. The number of aromatic nitrogens is 4. The van der Waals surface area contributed by atoms with Gasteiger partial charge in [0.2, 0.25) is 0 Å². The van der Waals surface area contributed by atoms with Crippen LogP contribution in [0.25, 0.3) is 28.6 Å². The Morgan fingerprint density at radius 1 is 0.882 bits per heavy atom. The van der Waals surface area contributed by atoms with E-state index in [4.69, 9.17) is 15.2 Å². The topological polar surface area (TPSA) is 43.6 Å². The zero-order valence-corrected chi connectivity index (χ0v) is 21.4. The molecule has 0 saturated heterocycles. The van der Waals surface area contributed by atoms with E-state index in [2.05, 4.69) is 81.6 Å². The van der Waals surface area contributed by atoms with Crippen molar-refractivity contribution in [3.8, 4) is 22.5 Å². The largest absolute Gasteiger partial charge is 0.246 e. The number of hydrogen-bond donors (Lipinski definition) is 0. The van der Waals surface area contributed by atoms with Crippen LogP contribution in [0.3, 0.4) is 0 Å². The first-order valence-electron chi connectivity index (χ1n) is 12.2. The lowest BCUT2D eigenvalue weighted by Crippen LogP contribution is -2.04. The van der Waals surface area contributed by atoms with Gasteiger partial charge in [0, 0.05) is 22.4 Å². The van der Waals surface area contributed by atoms with Crippen LogP contribution in [0.15, 0.2) is 66.1 Å². The van der Waals surface area contributed by atoms with Crippen molar-refractivity contribution in [2.45, 2.75) is 65.3 Å². The van der Waals surface area contributed by atoms with Gasteiger partial charge in [0.1, 0.15) is 11.4 Å². The highest BCUT2D eigenvalue weighted by Crippen LogP contribution is 2.30. The van der Waals surface area contributed by atoms with Crippen LogP contribution in [0, 0.1) is 0 Å². The Hall–Kier alpha value is -3.05. The number of unbranched alkanes of at least 4 members (excludes halogenated alkanes) is 2. The molecule has 0 saturated carbocycles. The first-order chi connectivity index (χ1) is 16.5. The summed E-state index contributed by atoms with van der Waals surface area (Å²) < 4.78 is 0. The van der Waals surface area contributed by atoms with Gasteiger partial charge in [-0.05, 0) is 51.2 Å². The fourth-order valence-electron chi connectivity index (χ4n) is 3.82. The highest BCUT2D eigenvalue weighted by atomic mass is 32.1. The molecule has 0 aliphatic rings. The summed E-state index contributed by atoms with van der Waals surface area (Å²) in [4.78, 5) is 6.55. The van der Waals surface area contributed by atoms with Crippen LogP contribution in [-0.4, -0.2) is 20.0 Å². The van der Waals surface area contributed by atoms with Gasteiger partial charge in [-0.3, -0.25) is 0 Å². The fourth-order valence-corrected chi connectivity index (χ4v) is 4.69. The van der Waals surface area contributed by atoms with Gasteiger partial charge in [0.05, 0.1) is 16.7 Å². The minimum absolute atomic E-state index is 0.209. The van der Waals surface area contributed by atoms with E-state index in [1.165, 1.54) is 29.1 Å². The number of benzene rings is 2. The summed E-state index contributed by atoms with van der Waals surface area (Å²) in [6.07, 6.45) is 8.99. The van der Waals surface area contributed by atoms with Gasteiger partial charge < -0.3 is 0 Å². The Bertz CT molecular complexity index is 1220. The highest BCUT2D eigenvalue weighted by molar-refractivity contribution is 7.09. The van der Waals surface area contributed by atoms with Crippen LogP contribution < -0.4 is 0 Å². The molecule has 4 nitrogen and oxygen atoms in total. The first-order valence-corrected chi connectivity index (χ1v) is 13.1. The summed E-state index contributed by atoms with van der Waals surface area (Å²) in [6.45, 7) is 8.62. The molecule has 0 amide bonds. The van der Waals surface area contributed by atoms with Crippen molar-refractivity contribution in [2.75, 3.05) is 0 Å². The van der Waals surface area contributed by atoms with E-state index in [0.29, 0.717) is 5.92 Å². The Kier molecular flexibility index (Phi) is 8.07. The minimum atomic E-state index is 0.209. The van der Waals surface area contributed by atoms with Crippen molar-refractivity contribution in [3.05, 3.63) is 82.3 Å². The van der Waals surface area contributed by atoms with Crippen LogP contribution in [0.2, 0.25) is 0 Å². The van der Waals surface area contributed by atoms with E-state index < -0.39 is 0 Å². The molecule has 2 aromatic carbocycles. The van der Waals surface area contributed by atoms with E-state index in [1.807, 2.05) is 23.0 Å². The number of aryl methyl sites for hydroxylation is 1. The average Bonchev–Trinajstić information content (AvgIpc) is 3.50. The number of hydrogen-bond acceptors (Lipinski definition) is 4. The smallest absolute Gasteiger partial charge is 0.121 e. The van der Waals surface area contributed by atoms with E-state index >= 15 is 0 Å². The Morgan fingerprint density at radius 3 is 2.32 bits per heavy atom. The molecule has 0 aliphatic carbocycles. The molecule has 0 radical (unpaired) electrons. The maximum atomic E-state index is 4.84. The van der Waals surface area contributed by atoms with Crippen LogP contribution in [0.5, 0.6) is 0 Å². The average molecular weight is 471 g/mol. The maximum absolute atomic E-state index is 4.84. The van der Waals surface area contributed by atoms with Crippen LogP contribution in [-0.2, 0) is 6.42 Å². The Balaban J connectivity index is 1.40. The zero-order valence-electron chi connectivity index (χ0n) is 20.6. The van der Waals surface area contributed by atoms with Gasteiger partial charge in [-0.1, -0.05) is 74.5 Å². The number of rotatable bonds is 10. The van der Waals surface area contributed by atoms with Crippen molar-refractivity contribution in [2.24, 2.45) is 0 Å². The van der Waals surface area contributed by atoms with Crippen molar-refractivity contribution in [1.82, 2.24) is 20.0 Å². The van der Waals surface area contributed by atoms with Gasteiger partial charge in [-0.2, -0.15) is 15.0 Å². The summed E-state index contributed by atoms with van der Waals surface area (Å²) >= 11 is 1.79.